The first kappa shape index (κ1) is 16.5. The quantitative estimate of drug-likeness (QED) is 0.791. The molecule has 1 saturated carbocycles. The van der Waals surface area contributed by atoms with Crippen LogP contribution in [-0.2, 0) is 4.74 Å². The maximum Gasteiger partial charge on any atom is 0.171 e. The second kappa shape index (κ2) is 7.43. The Kier molecular flexibility index (Phi) is 5.85. The number of hydrogen-bond donors (Lipinski definition) is 2. The fourth-order valence-corrected chi connectivity index (χ4v) is 3.38. The van der Waals surface area contributed by atoms with Gasteiger partial charge >= 0.3 is 0 Å². The summed E-state index contributed by atoms with van der Waals surface area (Å²) in [4.78, 5) is 0. The standard InChI is InChI=1S/C16H23ClN2OS/c1-12-5-6-13(11-14(12)17)18-15(21)19-16(9-10-20-2)7-3-4-8-16/h5-6,11H,3-4,7-10H2,1-2H3,(H2,18,19,21). The van der Waals surface area contributed by atoms with Crippen molar-refractivity contribution in [2.75, 3.05) is 19.0 Å². The Bertz CT molecular complexity index is 501. The van der Waals surface area contributed by atoms with Gasteiger partial charge in [0.1, 0.15) is 0 Å². The number of aryl methyl sites for hydroxylation is 1. The van der Waals surface area contributed by atoms with Crippen LogP contribution in [0.25, 0.3) is 0 Å². The first-order valence-corrected chi connectivity index (χ1v) is 8.17. The molecule has 0 radical (unpaired) electrons. The highest BCUT2D eigenvalue weighted by Gasteiger charge is 2.33. The zero-order valence-electron chi connectivity index (χ0n) is 12.7. The number of nitrogens with one attached hydrogen (secondary N) is 2. The van der Waals surface area contributed by atoms with Gasteiger partial charge in [0.25, 0.3) is 0 Å². The Morgan fingerprint density at radius 1 is 1.38 bits per heavy atom. The molecule has 0 spiro atoms. The van der Waals surface area contributed by atoms with Crippen LogP contribution >= 0.6 is 23.8 Å². The first-order valence-electron chi connectivity index (χ1n) is 7.39. The normalized spacial score (nSPS) is 16.7. The Balaban J connectivity index is 1.97. The van der Waals surface area contributed by atoms with Crippen molar-refractivity contribution in [3.8, 4) is 0 Å². The lowest BCUT2D eigenvalue weighted by Gasteiger charge is -2.31. The molecule has 1 aromatic carbocycles. The summed E-state index contributed by atoms with van der Waals surface area (Å²) >= 11 is 11.6. The van der Waals surface area contributed by atoms with Crippen LogP contribution in [-0.4, -0.2) is 24.4 Å². The maximum absolute atomic E-state index is 6.14. The van der Waals surface area contributed by atoms with Crippen LogP contribution in [0.3, 0.4) is 0 Å². The number of thiocarbonyl (C=S) groups is 1. The van der Waals surface area contributed by atoms with E-state index in [2.05, 4.69) is 10.6 Å². The minimum Gasteiger partial charge on any atom is -0.385 e. The number of ether oxygens (including phenoxy) is 1. The van der Waals surface area contributed by atoms with Crippen molar-refractivity contribution in [3.63, 3.8) is 0 Å². The van der Waals surface area contributed by atoms with Crippen LogP contribution in [0.15, 0.2) is 18.2 Å². The molecular weight excluding hydrogens is 304 g/mol. The SMILES string of the molecule is COCCC1(NC(=S)Nc2ccc(C)c(Cl)c2)CCCC1. The van der Waals surface area contributed by atoms with Gasteiger partial charge in [-0.3, -0.25) is 0 Å². The van der Waals surface area contributed by atoms with E-state index >= 15 is 0 Å². The molecule has 1 aromatic rings. The molecule has 3 nitrogen and oxygen atoms in total. The zero-order valence-corrected chi connectivity index (χ0v) is 14.2. The van der Waals surface area contributed by atoms with Gasteiger partial charge in [-0.2, -0.15) is 0 Å². The predicted molar refractivity (Wildman–Crippen MR) is 93.2 cm³/mol. The Morgan fingerprint density at radius 2 is 2.10 bits per heavy atom. The lowest BCUT2D eigenvalue weighted by Crippen LogP contribution is -2.48. The van der Waals surface area contributed by atoms with Crippen molar-refractivity contribution in [3.05, 3.63) is 28.8 Å². The van der Waals surface area contributed by atoms with E-state index in [0.717, 1.165) is 42.1 Å². The molecule has 116 valence electrons. The summed E-state index contributed by atoms with van der Waals surface area (Å²) in [5.41, 5.74) is 2.06. The Morgan fingerprint density at radius 3 is 2.71 bits per heavy atom. The van der Waals surface area contributed by atoms with Gasteiger partial charge in [0.05, 0.1) is 0 Å². The third-order valence-corrected chi connectivity index (χ3v) is 4.77. The average molecular weight is 327 g/mol. The third kappa shape index (κ3) is 4.56. The van der Waals surface area contributed by atoms with Crippen LogP contribution in [0.5, 0.6) is 0 Å². The number of benzene rings is 1. The fraction of sp³-hybridized carbons (Fsp3) is 0.562. The van der Waals surface area contributed by atoms with Crippen molar-refractivity contribution in [1.29, 1.82) is 0 Å². The van der Waals surface area contributed by atoms with Gasteiger partial charge in [-0.05, 0) is 56.1 Å². The molecule has 1 aliphatic rings. The fourth-order valence-electron chi connectivity index (χ4n) is 2.86. The second-order valence-corrected chi connectivity index (χ2v) is 6.59. The van der Waals surface area contributed by atoms with E-state index < -0.39 is 0 Å². The number of rotatable bonds is 5. The van der Waals surface area contributed by atoms with Gasteiger partial charge in [-0.25, -0.2) is 0 Å². The van der Waals surface area contributed by atoms with Crippen molar-refractivity contribution in [1.82, 2.24) is 5.32 Å². The Hall–Kier alpha value is -0.840. The summed E-state index contributed by atoms with van der Waals surface area (Å²) in [7, 11) is 1.74. The van der Waals surface area contributed by atoms with Gasteiger partial charge in [0.15, 0.2) is 5.11 Å². The van der Waals surface area contributed by atoms with E-state index in [1.807, 2.05) is 25.1 Å². The molecule has 0 unspecified atom stereocenters. The van der Waals surface area contributed by atoms with Crippen molar-refractivity contribution in [2.24, 2.45) is 0 Å². The summed E-state index contributed by atoms with van der Waals surface area (Å²) in [6.07, 6.45) is 5.77. The third-order valence-electron chi connectivity index (χ3n) is 4.15. The second-order valence-electron chi connectivity index (χ2n) is 5.77. The van der Waals surface area contributed by atoms with Crippen molar-refractivity contribution in [2.45, 2.75) is 44.6 Å². The molecule has 0 amide bonds. The number of hydrogen-bond acceptors (Lipinski definition) is 2. The van der Waals surface area contributed by atoms with E-state index in [9.17, 15) is 0 Å². The van der Waals surface area contributed by atoms with Crippen LogP contribution in [0.2, 0.25) is 5.02 Å². The van der Waals surface area contributed by atoms with Gasteiger partial charge in [-0.1, -0.05) is 30.5 Å². The smallest absolute Gasteiger partial charge is 0.171 e. The zero-order chi connectivity index (χ0) is 15.3. The van der Waals surface area contributed by atoms with Crippen LogP contribution in [0.1, 0.15) is 37.7 Å². The van der Waals surface area contributed by atoms with Gasteiger partial charge in [0, 0.05) is 30.0 Å². The summed E-state index contributed by atoms with van der Waals surface area (Å²) in [5.74, 6) is 0. The van der Waals surface area contributed by atoms with Crippen LogP contribution in [0, 0.1) is 6.92 Å². The molecule has 1 fully saturated rings. The monoisotopic (exact) mass is 326 g/mol. The van der Waals surface area contributed by atoms with Gasteiger partial charge in [0.2, 0.25) is 0 Å². The molecule has 0 aromatic heterocycles. The molecule has 21 heavy (non-hydrogen) atoms. The molecule has 0 heterocycles. The summed E-state index contributed by atoms with van der Waals surface area (Å²) in [5, 5.41) is 8.15. The highest BCUT2D eigenvalue weighted by Crippen LogP contribution is 2.32. The van der Waals surface area contributed by atoms with Gasteiger partial charge in [-0.15, -0.1) is 0 Å². The van der Waals surface area contributed by atoms with Crippen molar-refractivity contribution < 1.29 is 4.74 Å². The predicted octanol–water partition coefficient (Wildman–Crippen LogP) is 4.28. The van der Waals surface area contributed by atoms with E-state index in [4.69, 9.17) is 28.6 Å². The lowest BCUT2D eigenvalue weighted by molar-refractivity contribution is 0.163. The van der Waals surface area contributed by atoms with Crippen molar-refractivity contribution >= 4 is 34.6 Å². The number of anilines is 1. The highest BCUT2D eigenvalue weighted by molar-refractivity contribution is 7.80. The summed E-state index contributed by atoms with van der Waals surface area (Å²) < 4.78 is 5.24. The summed E-state index contributed by atoms with van der Waals surface area (Å²) in [6, 6.07) is 5.89. The average Bonchev–Trinajstić information content (AvgIpc) is 2.89. The lowest BCUT2D eigenvalue weighted by atomic mass is 9.94. The molecule has 2 N–H and O–H groups in total. The van der Waals surface area contributed by atoms with Gasteiger partial charge < -0.3 is 15.4 Å². The molecule has 5 heteroatoms. The Labute approximate surface area is 137 Å². The maximum atomic E-state index is 6.14. The molecule has 0 bridgehead atoms. The highest BCUT2D eigenvalue weighted by atomic mass is 35.5. The summed E-state index contributed by atoms with van der Waals surface area (Å²) in [6.45, 7) is 2.74. The topological polar surface area (TPSA) is 33.3 Å². The first-order chi connectivity index (χ1) is 10.0. The minimum absolute atomic E-state index is 0.0780. The number of halogens is 1. The molecule has 1 aliphatic carbocycles. The molecule has 2 rings (SSSR count). The van der Waals surface area contributed by atoms with E-state index in [0.29, 0.717) is 5.11 Å². The largest absolute Gasteiger partial charge is 0.385 e. The molecule has 0 aliphatic heterocycles. The van der Waals surface area contributed by atoms with Crippen LogP contribution in [0.4, 0.5) is 5.69 Å². The minimum atomic E-state index is 0.0780. The van der Waals surface area contributed by atoms with E-state index in [-0.39, 0.29) is 5.54 Å². The van der Waals surface area contributed by atoms with E-state index in [1.54, 1.807) is 7.11 Å². The molecule has 0 atom stereocenters. The number of methoxy groups -OCH3 is 1. The van der Waals surface area contributed by atoms with E-state index in [1.165, 1.54) is 12.8 Å². The molecule has 0 saturated heterocycles. The molecular formula is C16H23ClN2OS. The van der Waals surface area contributed by atoms with Crippen LogP contribution < -0.4 is 10.6 Å².